The van der Waals surface area contributed by atoms with Crippen molar-refractivity contribution in [3.05, 3.63) is 107 Å². The number of ether oxygens (including phenoxy) is 4. The topological polar surface area (TPSA) is 178 Å². The van der Waals surface area contributed by atoms with Crippen LogP contribution in [0.1, 0.15) is 31.2 Å². The van der Waals surface area contributed by atoms with Crippen molar-refractivity contribution in [1.29, 1.82) is 0 Å². The van der Waals surface area contributed by atoms with Gasteiger partial charge in [-0.15, -0.1) is 11.3 Å². The molecule has 3 aromatic heterocycles. The second-order valence-electron chi connectivity index (χ2n) is 10.2. The fourth-order valence-corrected chi connectivity index (χ4v) is 5.54. The molecule has 2 amide bonds. The first-order valence-electron chi connectivity index (χ1n) is 14.7. The van der Waals surface area contributed by atoms with E-state index in [1.807, 2.05) is 30.3 Å². The number of phenols is 2. The molecule has 256 valence electrons. The lowest BCUT2D eigenvalue weighted by Gasteiger charge is -2.09. The maximum absolute atomic E-state index is 12.2. The average molecular weight is 697 g/mol. The third-order valence-electron chi connectivity index (χ3n) is 7.12. The number of rotatable bonds is 10. The molecule has 0 aliphatic carbocycles. The van der Waals surface area contributed by atoms with Crippen LogP contribution in [0.4, 0.5) is 0 Å². The van der Waals surface area contributed by atoms with E-state index in [0.717, 1.165) is 15.7 Å². The van der Waals surface area contributed by atoms with Gasteiger partial charge in [-0.3, -0.25) is 9.59 Å². The predicted octanol–water partition coefficient (Wildman–Crippen LogP) is 5.21. The molecule has 0 saturated carbocycles. The minimum Gasteiger partial charge on any atom is -0.507 e. The van der Waals surface area contributed by atoms with Crippen molar-refractivity contribution in [2.75, 3.05) is 28.4 Å². The van der Waals surface area contributed by atoms with E-state index in [1.165, 1.54) is 64.3 Å². The number of carbonyl (C=O) groups excluding carboxylic acids is 2. The normalized spacial score (nSPS) is 11.0. The van der Waals surface area contributed by atoms with Crippen LogP contribution in [0.3, 0.4) is 0 Å². The van der Waals surface area contributed by atoms with Crippen LogP contribution < -0.4 is 29.8 Å². The Labute approximate surface area is 289 Å². The van der Waals surface area contributed by atoms with Crippen molar-refractivity contribution < 1.29 is 38.7 Å². The molecule has 15 heteroatoms. The molecule has 0 aliphatic heterocycles. The van der Waals surface area contributed by atoms with E-state index in [2.05, 4.69) is 26.0 Å². The van der Waals surface area contributed by atoms with Crippen LogP contribution in [0.15, 0.2) is 95.5 Å². The summed E-state index contributed by atoms with van der Waals surface area (Å²) >= 11 is 1.39. The first-order chi connectivity index (χ1) is 24.2. The van der Waals surface area contributed by atoms with E-state index >= 15 is 0 Å². The highest BCUT2D eigenvalue weighted by molar-refractivity contribution is 7.20. The zero-order valence-corrected chi connectivity index (χ0v) is 28.1. The van der Waals surface area contributed by atoms with Crippen molar-refractivity contribution in [2.45, 2.75) is 0 Å². The number of nitrogens with one attached hydrogen (secondary N) is 2. The molecule has 3 heterocycles. The van der Waals surface area contributed by atoms with E-state index in [-0.39, 0.29) is 23.3 Å². The molecule has 0 radical (unpaired) electrons. The Morgan fingerprint density at radius 2 is 1.38 bits per heavy atom. The van der Waals surface area contributed by atoms with Gasteiger partial charge in [-0.1, -0.05) is 18.2 Å². The van der Waals surface area contributed by atoms with E-state index in [9.17, 15) is 19.8 Å². The van der Waals surface area contributed by atoms with E-state index < -0.39 is 0 Å². The van der Waals surface area contributed by atoms with Gasteiger partial charge in [0.25, 0.3) is 11.8 Å². The lowest BCUT2D eigenvalue weighted by atomic mass is 10.2. The quantitative estimate of drug-likeness (QED) is 0.111. The molecule has 0 aliphatic rings. The number of phenolic OH excluding ortho intramolecular Hbond substituents is 2. The number of imidazole rings is 1. The number of fused-ring (bicyclic) bond motifs is 2. The van der Waals surface area contributed by atoms with Gasteiger partial charge in [0, 0.05) is 47.6 Å². The summed E-state index contributed by atoms with van der Waals surface area (Å²) in [6.07, 6.45) is 7.68. The summed E-state index contributed by atoms with van der Waals surface area (Å²) in [5.74, 6) is 0.824. The number of carbonyl (C=O) groups is 2. The molecule has 4 N–H and O–H groups in total. The Bertz CT molecular complexity index is 2090. The zero-order chi connectivity index (χ0) is 35.6. The second-order valence-corrected chi connectivity index (χ2v) is 11.3. The Morgan fingerprint density at radius 3 is 1.96 bits per heavy atom. The maximum atomic E-state index is 12.2. The van der Waals surface area contributed by atoms with Crippen molar-refractivity contribution in [3.8, 4) is 34.5 Å². The molecule has 6 aromatic rings. The van der Waals surface area contributed by atoms with Crippen LogP contribution in [0.25, 0.3) is 15.7 Å². The molecule has 0 unspecified atom stereocenters. The van der Waals surface area contributed by atoms with Gasteiger partial charge in [0.05, 0.1) is 62.4 Å². The van der Waals surface area contributed by atoms with Gasteiger partial charge in [-0.2, -0.15) is 10.2 Å². The summed E-state index contributed by atoms with van der Waals surface area (Å²) in [6, 6.07) is 19.1. The summed E-state index contributed by atoms with van der Waals surface area (Å²) in [6.45, 7) is 0. The van der Waals surface area contributed by atoms with Gasteiger partial charge in [0.2, 0.25) is 0 Å². The van der Waals surface area contributed by atoms with Crippen LogP contribution in [-0.4, -0.2) is 72.3 Å². The molecule has 6 rings (SSSR count). The SMILES string of the molecule is COc1cc(O)c(/C=N/NC(=O)c2cc3ccccc3s2)c(OC)c1.COc1cc(O)c(/C=N/NC(=O)c2ccc3nccn3c2)c(OC)c1. The van der Waals surface area contributed by atoms with E-state index in [4.69, 9.17) is 18.9 Å². The van der Waals surface area contributed by atoms with Crippen LogP contribution in [-0.2, 0) is 0 Å². The number of aromatic nitrogens is 2. The van der Waals surface area contributed by atoms with Gasteiger partial charge in [-0.25, -0.2) is 15.8 Å². The monoisotopic (exact) mass is 696 g/mol. The highest BCUT2D eigenvalue weighted by Gasteiger charge is 2.13. The van der Waals surface area contributed by atoms with E-state index in [0.29, 0.717) is 44.6 Å². The molecule has 3 aromatic carbocycles. The lowest BCUT2D eigenvalue weighted by Crippen LogP contribution is -2.18. The Balaban J connectivity index is 0.000000194. The van der Waals surface area contributed by atoms with Crippen molar-refractivity contribution in [3.63, 3.8) is 0 Å². The van der Waals surface area contributed by atoms with Crippen molar-refractivity contribution >= 4 is 51.3 Å². The largest absolute Gasteiger partial charge is 0.507 e. The number of benzene rings is 3. The Morgan fingerprint density at radius 1 is 0.780 bits per heavy atom. The average Bonchev–Trinajstić information content (AvgIpc) is 3.80. The van der Waals surface area contributed by atoms with Gasteiger partial charge in [-0.05, 0) is 29.7 Å². The first-order valence-corrected chi connectivity index (χ1v) is 15.5. The molecule has 50 heavy (non-hydrogen) atoms. The van der Waals surface area contributed by atoms with Crippen molar-refractivity contribution in [1.82, 2.24) is 20.2 Å². The molecule has 14 nitrogen and oxygen atoms in total. The fraction of sp³-hybridized carbons (Fsp3) is 0.114. The molecule has 0 spiro atoms. The highest BCUT2D eigenvalue weighted by atomic mass is 32.1. The number of aromatic hydroxyl groups is 2. The van der Waals surface area contributed by atoms with Crippen LogP contribution >= 0.6 is 11.3 Å². The third kappa shape index (κ3) is 8.08. The summed E-state index contributed by atoms with van der Waals surface area (Å²) in [5, 5.41) is 28.9. The highest BCUT2D eigenvalue weighted by Crippen LogP contribution is 2.33. The molecule has 0 bridgehead atoms. The first kappa shape index (κ1) is 34.7. The summed E-state index contributed by atoms with van der Waals surface area (Å²) in [7, 11) is 5.91. The smallest absolute Gasteiger partial charge is 0.281 e. The summed E-state index contributed by atoms with van der Waals surface area (Å²) in [5.41, 5.74) is 6.71. The fourth-order valence-electron chi connectivity index (χ4n) is 4.59. The number of methoxy groups -OCH3 is 4. The van der Waals surface area contributed by atoms with Gasteiger partial charge < -0.3 is 33.6 Å². The number of pyridine rings is 1. The number of amides is 2. The number of hydrazone groups is 2. The Hall–Kier alpha value is -6.61. The standard InChI is InChI=1S/C18H16N2O4S.C17H16N4O4/c1-23-12-8-14(21)13(15(9-12)24-2)10-19-20-18(22)17-7-11-5-3-4-6-16(11)25-17;1-24-12-7-14(22)13(15(8-12)25-2)9-19-20-17(23)11-3-4-16-18-5-6-21(16)10-11/h3-10,21H,1-2H3,(H,20,22);3-10,22H,1-2H3,(H,20,23)/b19-10+;19-9+. The summed E-state index contributed by atoms with van der Waals surface area (Å²) < 4.78 is 23.3. The minimum absolute atomic E-state index is 0.0592. The van der Waals surface area contributed by atoms with Crippen LogP contribution in [0.5, 0.6) is 34.5 Å². The molecule has 0 fully saturated rings. The molecular formula is C35H32N6O8S. The zero-order valence-electron chi connectivity index (χ0n) is 27.3. The number of nitrogens with zero attached hydrogens (tertiary/aromatic N) is 4. The van der Waals surface area contributed by atoms with Gasteiger partial charge in [0.1, 0.15) is 40.1 Å². The number of thiophene rings is 1. The number of hydrogen-bond acceptors (Lipinski definition) is 12. The molecule has 0 atom stereocenters. The summed E-state index contributed by atoms with van der Waals surface area (Å²) in [4.78, 5) is 29.1. The van der Waals surface area contributed by atoms with Crippen LogP contribution in [0, 0.1) is 0 Å². The van der Waals surface area contributed by atoms with Crippen molar-refractivity contribution in [2.24, 2.45) is 10.2 Å². The van der Waals surface area contributed by atoms with Gasteiger partial charge >= 0.3 is 0 Å². The number of hydrogen-bond donors (Lipinski definition) is 4. The minimum atomic E-state index is -0.390. The van der Waals surface area contributed by atoms with E-state index in [1.54, 1.807) is 47.3 Å². The second kappa shape index (κ2) is 16.0. The Kier molecular flexibility index (Phi) is 11.1. The molecular weight excluding hydrogens is 664 g/mol. The maximum Gasteiger partial charge on any atom is 0.281 e. The lowest BCUT2D eigenvalue weighted by molar-refractivity contribution is 0.0948. The van der Waals surface area contributed by atoms with Gasteiger partial charge in [0.15, 0.2) is 0 Å². The molecule has 0 saturated heterocycles. The van der Waals surface area contributed by atoms with Crippen LogP contribution in [0.2, 0.25) is 0 Å². The third-order valence-corrected chi connectivity index (χ3v) is 8.23. The predicted molar refractivity (Wildman–Crippen MR) is 190 cm³/mol.